The Morgan fingerprint density at radius 3 is 3.04 bits per heavy atom. The van der Waals surface area contributed by atoms with E-state index in [2.05, 4.69) is 31.6 Å². The van der Waals surface area contributed by atoms with Crippen molar-refractivity contribution in [2.75, 3.05) is 11.9 Å². The van der Waals surface area contributed by atoms with Crippen molar-refractivity contribution in [2.45, 2.75) is 32.4 Å². The maximum Gasteiger partial charge on any atom is 0.188 e. The molecule has 1 atom stereocenters. The van der Waals surface area contributed by atoms with Gasteiger partial charge in [0, 0.05) is 23.2 Å². The molecule has 3 aromatic rings. The number of hydrogen-bond donors (Lipinski definition) is 1. The van der Waals surface area contributed by atoms with Crippen LogP contribution in [-0.2, 0) is 6.54 Å². The minimum absolute atomic E-state index is 0.395. The van der Waals surface area contributed by atoms with Gasteiger partial charge in [0.25, 0.3) is 0 Å². The molecule has 0 bridgehead atoms. The van der Waals surface area contributed by atoms with Crippen LogP contribution < -0.4 is 5.32 Å². The average Bonchev–Trinajstić information content (AvgIpc) is 3.32. The smallest absolute Gasteiger partial charge is 0.188 e. The molecule has 0 aliphatic carbocycles. The van der Waals surface area contributed by atoms with E-state index >= 15 is 0 Å². The lowest BCUT2D eigenvalue weighted by Gasteiger charge is -2.21. The number of anilines is 2. The second kappa shape index (κ2) is 6.96. The second-order valence-corrected chi connectivity index (χ2v) is 7.81. The fourth-order valence-electron chi connectivity index (χ4n) is 3.00. The molecule has 1 fully saturated rings. The van der Waals surface area contributed by atoms with E-state index < -0.39 is 0 Å². The highest BCUT2D eigenvalue weighted by molar-refractivity contribution is 7.13. The van der Waals surface area contributed by atoms with Gasteiger partial charge in [0.1, 0.15) is 10.8 Å². The fraction of sp³-hybridized carbons (Fsp3) is 0.353. The van der Waals surface area contributed by atoms with Gasteiger partial charge in [-0.15, -0.1) is 22.7 Å². The number of pyridine rings is 1. The molecule has 1 unspecified atom stereocenters. The van der Waals surface area contributed by atoms with Crippen LogP contribution in [0.4, 0.5) is 10.9 Å². The minimum atomic E-state index is 0.395. The van der Waals surface area contributed by atoms with Crippen LogP contribution >= 0.6 is 22.7 Å². The van der Waals surface area contributed by atoms with Crippen LogP contribution in [0.1, 0.15) is 35.1 Å². The van der Waals surface area contributed by atoms with Crippen LogP contribution in [-0.4, -0.2) is 26.4 Å². The van der Waals surface area contributed by atoms with Gasteiger partial charge in [-0.1, -0.05) is 6.07 Å². The maximum absolute atomic E-state index is 4.80. The summed E-state index contributed by atoms with van der Waals surface area (Å²) in [5.74, 6) is 0.840. The van der Waals surface area contributed by atoms with Crippen LogP contribution in [0.25, 0.3) is 0 Å². The predicted octanol–water partition coefficient (Wildman–Crippen LogP) is 4.38. The SMILES string of the molecule is Cc1ccc(Nc2nc(C3CCCN3Cc3nccs3)cs2)nc1. The van der Waals surface area contributed by atoms with E-state index in [-0.39, 0.29) is 0 Å². The van der Waals surface area contributed by atoms with Crippen LogP contribution in [0.3, 0.4) is 0 Å². The summed E-state index contributed by atoms with van der Waals surface area (Å²) in [5, 5.41) is 9.60. The van der Waals surface area contributed by atoms with E-state index in [1.54, 1.807) is 22.7 Å². The highest BCUT2D eigenvalue weighted by atomic mass is 32.1. The first-order chi connectivity index (χ1) is 11.8. The minimum Gasteiger partial charge on any atom is -0.316 e. The third-order valence-corrected chi connectivity index (χ3v) is 5.74. The van der Waals surface area contributed by atoms with Gasteiger partial charge in [0.2, 0.25) is 0 Å². The number of likely N-dealkylation sites (tertiary alicyclic amines) is 1. The summed E-state index contributed by atoms with van der Waals surface area (Å²) in [6, 6.07) is 4.43. The number of hydrogen-bond acceptors (Lipinski definition) is 7. The van der Waals surface area contributed by atoms with Crippen molar-refractivity contribution in [3.63, 3.8) is 0 Å². The topological polar surface area (TPSA) is 53.9 Å². The normalized spacial score (nSPS) is 18.1. The molecule has 1 aliphatic heterocycles. The first kappa shape index (κ1) is 15.7. The zero-order chi connectivity index (χ0) is 16.4. The molecule has 1 saturated heterocycles. The fourth-order valence-corrected chi connectivity index (χ4v) is 4.41. The third kappa shape index (κ3) is 3.48. The molecule has 0 aromatic carbocycles. The van der Waals surface area contributed by atoms with Crippen LogP contribution in [0.2, 0.25) is 0 Å². The van der Waals surface area contributed by atoms with Gasteiger partial charge in [-0.3, -0.25) is 4.90 Å². The third-order valence-electron chi connectivity index (χ3n) is 4.20. The zero-order valence-corrected chi connectivity index (χ0v) is 15.1. The van der Waals surface area contributed by atoms with Gasteiger partial charge in [0.05, 0.1) is 18.3 Å². The van der Waals surface area contributed by atoms with Gasteiger partial charge in [-0.2, -0.15) is 0 Å². The van der Waals surface area contributed by atoms with E-state index in [9.17, 15) is 0 Å². The molecule has 1 aliphatic rings. The molecule has 4 rings (SSSR count). The molecule has 0 spiro atoms. The van der Waals surface area contributed by atoms with Crippen molar-refractivity contribution in [3.8, 4) is 0 Å². The molecule has 5 nitrogen and oxygen atoms in total. The Morgan fingerprint density at radius 1 is 1.29 bits per heavy atom. The van der Waals surface area contributed by atoms with Gasteiger partial charge in [-0.05, 0) is 37.9 Å². The van der Waals surface area contributed by atoms with Gasteiger partial charge in [-0.25, -0.2) is 15.0 Å². The lowest BCUT2D eigenvalue weighted by molar-refractivity contribution is 0.245. The summed E-state index contributed by atoms with van der Waals surface area (Å²) in [5.41, 5.74) is 2.31. The summed E-state index contributed by atoms with van der Waals surface area (Å²) in [6.07, 6.45) is 6.13. The van der Waals surface area contributed by atoms with E-state index in [4.69, 9.17) is 4.98 Å². The van der Waals surface area contributed by atoms with E-state index in [0.717, 1.165) is 41.7 Å². The molecule has 24 heavy (non-hydrogen) atoms. The summed E-state index contributed by atoms with van der Waals surface area (Å²) in [4.78, 5) is 16.1. The Bertz CT molecular complexity index is 782. The molecule has 0 amide bonds. The Morgan fingerprint density at radius 2 is 2.25 bits per heavy atom. The standard InChI is InChI=1S/C17H19N5S2/c1-12-4-5-15(19-9-12)21-17-20-13(11-24-17)14-3-2-7-22(14)10-16-18-6-8-23-16/h4-6,8-9,11,14H,2-3,7,10H2,1H3,(H,19,20,21). The van der Waals surface area contributed by atoms with Crippen molar-refractivity contribution in [1.82, 2.24) is 19.9 Å². The van der Waals surface area contributed by atoms with Gasteiger partial charge >= 0.3 is 0 Å². The lowest BCUT2D eigenvalue weighted by atomic mass is 10.2. The Balaban J connectivity index is 1.46. The molecular formula is C17H19N5S2. The summed E-state index contributed by atoms with van der Waals surface area (Å²) in [7, 11) is 0. The molecule has 0 radical (unpaired) electrons. The highest BCUT2D eigenvalue weighted by Crippen LogP contribution is 2.35. The molecule has 124 valence electrons. The van der Waals surface area contributed by atoms with Gasteiger partial charge in [0.15, 0.2) is 5.13 Å². The molecular weight excluding hydrogens is 338 g/mol. The second-order valence-electron chi connectivity index (χ2n) is 5.98. The van der Waals surface area contributed by atoms with E-state index in [1.165, 1.54) is 11.4 Å². The number of thiazole rings is 2. The van der Waals surface area contributed by atoms with Gasteiger partial charge < -0.3 is 5.32 Å². The number of aryl methyl sites for hydroxylation is 1. The van der Waals surface area contributed by atoms with E-state index in [0.29, 0.717) is 6.04 Å². The van der Waals surface area contributed by atoms with Crippen molar-refractivity contribution < 1.29 is 0 Å². The first-order valence-corrected chi connectivity index (χ1v) is 9.81. The number of aromatic nitrogens is 3. The van der Waals surface area contributed by atoms with Crippen LogP contribution in [0.5, 0.6) is 0 Å². The average molecular weight is 358 g/mol. The first-order valence-electron chi connectivity index (χ1n) is 8.05. The molecule has 7 heteroatoms. The molecule has 3 aromatic heterocycles. The van der Waals surface area contributed by atoms with Crippen molar-refractivity contribution in [2.24, 2.45) is 0 Å². The zero-order valence-electron chi connectivity index (χ0n) is 13.5. The Hall–Kier alpha value is -1.83. The summed E-state index contributed by atoms with van der Waals surface area (Å²) in [6.45, 7) is 4.07. The maximum atomic E-state index is 4.80. The summed E-state index contributed by atoms with van der Waals surface area (Å²) < 4.78 is 0. The molecule has 0 saturated carbocycles. The largest absolute Gasteiger partial charge is 0.316 e. The lowest BCUT2D eigenvalue weighted by Crippen LogP contribution is -2.22. The van der Waals surface area contributed by atoms with Crippen molar-refractivity contribution >= 4 is 33.6 Å². The van der Waals surface area contributed by atoms with Crippen LogP contribution in [0.15, 0.2) is 35.3 Å². The Labute approximate surface area is 149 Å². The number of nitrogens with zero attached hydrogens (tertiary/aromatic N) is 4. The predicted molar refractivity (Wildman–Crippen MR) is 98.9 cm³/mol. The van der Waals surface area contributed by atoms with Crippen molar-refractivity contribution in [3.05, 3.63) is 51.6 Å². The number of nitrogens with one attached hydrogen (secondary N) is 1. The quantitative estimate of drug-likeness (QED) is 0.734. The van der Waals surface area contributed by atoms with E-state index in [1.807, 2.05) is 30.8 Å². The highest BCUT2D eigenvalue weighted by Gasteiger charge is 2.28. The monoisotopic (exact) mass is 357 g/mol. The van der Waals surface area contributed by atoms with Crippen molar-refractivity contribution in [1.29, 1.82) is 0 Å². The molecule has 4 heterocycles. The molecule has 1 N–H and O–H groups in total. The van der Waals surface area contributed by atoms with Crippen LogP contribution in [0, 0.1) is 6.92 Å². The summed E-state index contributed by atoms with van der Waals surface area (Å²) >= 11 is 3.37. The number of rotatable bonds is 5. The Kier molecular flexibility index (Phi) is 4.55.